The summed E-state index contributed by atoms with van der Waals surface area (Å²) in [6.07, 6.45) is 0. The molecule has 1 rings (SSSR count). The molecule has 1 unspecified atom stereocenters. The zero-order valence-electron chi connectivity index (χ0n) is 7.38. The van der Waals surface area contributed by atoms with Gasteiger partial charge in [-0.3, -0.25) is 0 Å². The van der Waals surface area contributed by atoms with Gasteiger partial charge in [-0.1, -0.05) is 52.4 Å². The maximum absolute atomic E-state index is 5.45. The number of rotatable bonds is 3. The highest BCUT2D eigenvalue weighted by molar-refractivity contribution is 14.1. The highest BCUT2D eigenvalue weighted by Crippen LogP contribution is 2.08. The maximum Gasteiger partial charge on any atom is 0.106 e. The summed E-state index contributed by atoms with van der Waals surface area (Å²) in [5, 5.41) is 0. The normalized spacial score (nSPS) is 12.9. The van der Waals surface area contributed by atoms with E-state index in [0.29, 0.717) is 6.61 Å². The third kappa shape index (κ3) is 3.54. The highest BCUT2D eigenvalue weighted by atomic mass is 127. The molecule has 0 spiro atoms. The van der Waals surface area contributed by atoms with Crippen LogP contribution in [0.25, 0.3) is 0 Å². The molecule has 0 aromatic heterocycles. The summed E-state index contributed by atoms with van der Waals surface area (Å²) in [6, 6.07) is 8.43. The number of hydrogen-bond acceptors (Lipinski definition) is 1. The molecule has 0 aliphatic rings. The highest BCUT2D eigenvalue weighted by Gasteiger charge is 1.96. The molecule has 0 saturated carbocycles. The van der Waals surface area contributed by atoms with Crippen molar-refractivity contribution < 1.29 is 4.74 Å². The smallest absolute Gasteiger partial charge is 0.106 e. The van der Waals surface area contributed by atoms with E-state index in [1.807, 2.05) is 6.92 Å². The summed E-state index contributed by atoms with van der Waals surface area (Å²) in [7, 11) is 0. The summed E-state index contributed by atoms with van der Waals surface area (Å²) in [5.74, 6) is 0. The van der Waals surface area contributed by atoms with E-state index in [1.165, 1.54) is 11.1 Å². The Morgan fingerprint density at radius 1 is 1.33 bits per heavy atom. The number of ether oxygens (including phenoxy) is 1. The van der Waals surface area contributed by atoms with Crippen molar-refractivity contribution in [3.05, 3.63) is 35.4 Å². The molecule has 0 bridgehead atoms. The van der Waals surface area contributed by atoms with Crippen LogP contribution in [0.2, 0.25) is 0 Å². The molecule has 1 nitrogen and oxygen atoms in total. The average molecular weight is 276 g/mol. The van der Waals surface area contributed by atoms with Gasteiger partial charge in [-0.05, 0) is 19.4 Å². The van der Waals surface area contributed by atoms with Crippen LogP contribution in [-0.2, 0) is 11.3 Å². The first-order chi connectivity index (χ1) is 5.68. The SMILES string of the molecule is Cc1ccc(COC(C)I)cc1. The molecule has 0 heterocycles. The van der Waals surface area contributed by atoms with Gasteiger partial charge in [-0.25, -0.2) is 0 Å². The fourth-order valence-electron chi connectivity index (χ4n) is 0.895. The van der Waals surface area contributed by atoms with Crippen LogP contribution in [0.1, 0.15) is 18.1 Å². The van der Waals surface area contributed by atoms with Crippen molar-refractivity contribution >= 4 is 22.6 Å². The van der Waals surface area contributed by atoms with Gasteiger partial charge in [0.15, 0.2) is 0 Å². The lowest BCUT2D eigenvalue weighted by Crippen LogP contribution is -1.98. The zero-order valence-corrected chi connectivity index (χ0v) is 9.54. The summed E-state index contributed by atoms with van der Waals surface area (Å²) in [5.41, 5.74) is 2.53. The molecule has 0 saturated heterocycles. The summed E-state index contributed by atoms with van der Waals surface area (Å²) >= 11 is 2.25. The Labute approximate surface area is 87.3 Å². The Morgan fingerprint density at radius 2 is 1.92 bits per heavy atom. The predicted octanol–water partition coefficient (Wildman–Crippen LogP) is 3.29. The van der Waals surface area contributed by atoms with Gasteiger partial charge in [0.05, 0.1) is 6.61 Å². The first kappa shape index (κ1) is 9.99. The zero-order chi connectivity index (χ0) is 8.97. The van der Waals surface area contributed by atoms with Gasteiger partial charge in [0.1, 0.15) is 4.11 Å². The summed E-state index contributed by atoms with van der Waals surface area (Å²) in [6.45, 7) is 4.84. The monoisotopic (exact) mass is 276 g/mol. The fraction of sp³-hybridized carbons (Fsp3) is 0.400. The molecular weight excluding hydrogens is 263 g/mol. The molecular formula is C10H13IO. The van der Waals surface area contributed by atoms with E-state index >= 15 is 0 Å². The molecule has 0 amide bonds. The van der Waals surface area contributed by atoms with Crippen molar-refractivity contribution in [1.29, 1.82) is 0 Å². The molecule has 0 radical (unpaired) electrons. The van der Waals surface area contributed by atoms with Crippen LogP contribution in [-0.4, -0.2) is 4.11 Å². The largest absolute Gasteiger partial charge is 0.363 e. The minimum atomic E-state index is 0.281. The van der Waals surface area contributed by atoms with Crippen LogP contribution in [0, 0.1) is 6.92 Å². The van der Waals surface area contributed by atoms with Crippen LogP contribution >= 0.6 is 22.6 Å². The second kappa shape index (κ2) is 4.82. The molecule has 0 N–H and O–H groups in total. The van der Waals surface area contributed by atoms with Gasteiger partial charge < -0.3 is 4.74 Å². The minimum absolute atomic E-state index is 0.281. The van der Waals surface area contributed by atoms with E-state index in [4.69, 9.17) is 4.74 Å². The summed E-state index contributed by atoms with van der Waals surface area (Å²) in [4.78, 5) is 0. The van der Waals surface area contributed by atoms with Gasteiger partial charge in [-0.2, -0.15) is 0 Å². The van der Waals surface area contributed by atoms with Crippen LogP contribution in [0.5, 0.6) is 0 Å². The Morgan fingerprint density at radius 3 is 2.42 bits per heavy atom. The van der Waals surface area contributed by atoms with Crippen molar-refractivity contribution in [1.82, 2.24) is 0 Å². The minimum Gasteiger partial charge on any atom is -0.363 e. The van der Waals surface area contributed by atoms with E-state index in [9.17, 15) is 0 Å². The molecule has 0 aliphatic heterocycles. The molecule has 0 fully saturated rings. The quantitative estimate of drug-likeness (QED) is 0.608. The van der Waals surface area contributed by atoms with Crippen LogP contribution in [0.15, 0.2) is 24.3 Å². The Hall–Kier alpha value is -0.0900. The van der Waals surface area contributed by atoms with Crippen molar-refractivity contribution in [3.8, 4) is 0 Å². The molecule has 2 heteroatoms. The van der Waals surface area contributed by atoms with Crippen LogP contribution in [0.3, 0.4) is 0 Å². The third-order valence-corrected chi connectivity index (χ3v) is 1.96. The lowest BCUT2D eigenvalue weighted by Gasteiger charge is -2.05. The topological polar surface area (TPSA) is 9.23 Å². The Balaban J connectivity index is 2.48. The number of alkyl halides is 1. The molecule has 1 atom stereocenters. The lowest BCUT2D eigenvalue weighted by molar-refractivity contribution is 0.121. The summed E-state index contributed by atoms with van der Waals surface area (Å²) < 4.78 is 5.74. The van der Waals surface area contributed by atoms with E-state index < -0.39 is 0 Å². The molecule has 1 aromatic carbocycles. The Bertz CT molecular complexity index is 228. The van der Waals surface area contributed by atoms with Gasteiger partial charge in [0, 0.05) is 0 Å². The van der Waals surface area contributed by atoms with Gasteiger partial charge >= 0.3 is 0 Å². The predicted molar refractivity (Wildman–Crippen MR) is 59.5 cm³/mol. The van der Waals surface area contributed by atoms with Crippen LogP contribution in [0.4, 0.5) is 0 Å². The number of benzene rings is 1. The molecule has 66 valence electrons. The second-order valence-electron chi connectivity index (χ2n) is 2.84. The standard InChI is InChI=1S/C10H13IO/c1-8-3-5-10(6-4-8)7-12-9(2)11/h3-6,9H,7H2,1-2H3. The number of aryl methyl sites for hydroxylation is 1. The first-order valence-corrected chi connectivity index (χ1v) is 5.24. The van der Waals surface area contributed by atoms with Gasteiger partial charge in [0.2, 0.25) is 0 Å². The lowest BCUT2D eigenvalue weighted by atomic mass is 10.2. The van der Waals surface area contributed by atoms with Crippen molar-refractivity contribution in [2.24, 2.45) is 0 Å². The number of halogens is 1. The Kier molecular flexibility index (Phi) is 4.01. The van der Waals surface area contributed by atoms with Crippen molar-refractivity contribution in [2.75, 3.05) is 0 Å². The number of hydrogen-bond donors (Lipinski definition) is 0. The van der Waals surface area contributed by atoms with Crippen molar-refractivity contribution in [2.45, 2.75) is 24.6 Å². The second-order valence-corrected chi connectivity index (χ2v) is 4.59. The third-order valence-electron chi connectivity index (χ3n) is 1.60. The van der Waals surface area contributed by atoms with E-state index in [1.54, 1.807) is 0 Å². The molecule has 0 aliphatic carbocycles. The van der Waals surface area contributed by atoms with Gasteiger partial charge in [0.25, 0.3) is 0 Å². The van der Waals surface area contributed by atoms with Crippen LogP contribution < -0.4 is 0 Å². The fourth-order valence-corrected chi connectivity index (χ4v) is 1.08. The molecule has 12 heavy (non-hydrogen) atoms. The average Bonchev–Trinajstić information content (AvgIpc) is 2.03. The van der Waals surface area contributed by atoms with E-state index in [-0.39, 0.29) is 4.11 Å². The molecule has 1 aromatic rings. The van der Waals surface area contributed by atoms with E-state index in [2.05, 4.69) is 53.8 Å². The maximum atomic E-state index is 5.45. The first-order valence-electron chi connectivity index (χ1n) is 3.99. The van der Waals surface area contributed by atoms with E-state index in [0.717, 1.165) is 0 Å². The van der Waals surface area contributed by atoms with Gasteiger partial charge in [-0.15, -0.1) is 0 Å². The van der Waals surface area contributed by atoms with Crippen molar-refractivity contribution in [3.63, 3.8) is 0 Å².